The van der Waals surface area contributed by atoms with Gasteiger partial charge >= 0.3 is 0 Å². The van der Waals surface area contributed by atoms with E-state index in [2.05, 4.69) is 49.9 Å². The minimum Gasteiger partial charge on any atom is -0.363 e. The number of hydrogen-bond donors (Lipinski definition) is 3. The lowest BCUT2D eigenvalue weighted by Crippen LogP contribution is -2.10. The van der Waals surface area contributed by atoms with Gasteiger partial charge in [0.15, 0.2) is 0 Å². The van der Waals surface area contributed by atoms with Crippen LogP contribution in [0.3, 0.4) is 0 Å². The molecule has 1 aromatic carbocycles. The Morgan fingerprint density at radius 1 is 1.19 bits per heavy atom. The van der Waals surface area contributed by atoms with Crippen LogP contribution in [0.2, 0.25) is 0 Å². The van der Waals surface area contributed by atoms with E-state index in [1.807, 2.05) is 19.3 Å². The van der Waals surface area contributed by atoms with Crippen molar-refractivity contribution in [1.82, 2.24) is 15.0 Å². The summed E-state index contributed by atoms with van der Waals surface area (Å²) in [5.74, 6) is 1.51. The summed E-state index contributed by atoms with van der Waals surface area (Å²) in [6, 6.07) is 11.0. The monoisotopic (exact) mass is 279 g/mol. The Kier molecular flexibility index (Phi) is 2.77. The topological polar surface area (TPSA) is 65.6 Å². The van der Waals surface area contributed by atoms with Gasteiger partial charge in [0.1, 0.15) is 11.5 Å². The first-order chi connectivity index (χ1) is 10.3. The zero-order valence-electron chi connectivity index (χ0n) is 11.9. The maximum absolute atomic E-state index is 4.57. The van der Waals surface area contributed by atoms with Crippen LogP contribution in [0.1, 0.15) is 23.6 Å². The molecule has 2 heterocycles. The zero-order chi connectivity index (χ0) is 14.2. The Hall–Kier alpha value is -2.56. The summed E-state index contributed by atoms with van der Waals surface area (Å²) in [6.07, 6.45) is 4.12. The summed E-state index contributed by atoms with van der Waals surface area (Å²) >= 11 is 0. The molecule has 0 spiro atoms. The number of rotatable bonds is 3. The first kappa shape index (κ1) is 12.2. The summed E-state index contributed by atoms with van der Waals surface area (Å²) in [4.78, 5) is 12.1. The van der Waals surface area contributed by atoms with Crippen molar-refractivity contribution in [3.05, 3.63) is 47.7 Å². The fourth-order valence-electron chi connectivity index (χ4n) is 3.04. The van der Waals surface area contributed by atoms with Crippen molar-refractivity contribution in [2.24, 2.45) is 0 Å². The number of H-pyrrole nitrogens is 1. The fourth-order valence-corrected chi connectivity index (χ4v) is 3.04. The second-order valence-corrected chi connectivity index (χ2v) is 5.32. The molecular weight excluding hydrogens is 262 g/mol. The Morgan fingerprint density at radius 2 is 2.10 bits per heavy atom. The largest absolute Gasteiger partial charge is 0.363 e. The molecule has 1 atom stereocenters. The van der Waals surface area contributed by atoms with E-state index in [4.69, 9.17) is 0 Å². The molecule has 0 fully saturated rings. The number of aromatic nitrogens is 3. The molecule has 5 heteroatoms. The highest BCUT2D eigenvalue weighted by atomic mass is 15.2. The van der Waals surface area contributed by atoms with Gasteiger partial charge < -0.3 is 15.6 Å². The van der Waals surface area contributed by atoms with Crippen LogP contribution >= 0.6 is 0 Å². The SMILES string of the molecule is CNc1nc(N[C@H]2CCc3ccccc32)c2cc[nH]c2n1. The molecule has 0 unspecified atom stereocenters. The second-order valence-electron chi connectivity index (χ2n) is 5.32. The van der Waals surface area contributed by atoms with Crippen LogP contribution in [0, 0.1) is 0 Å². The van der Waals surface area contributed by atoms with Crippen molar-refractivity contribution in [1.29, 1.82) is 0 Å². The molecule has 0 saturated carbocycles. The normalized spacial score (nSPS) is 16.9. The molecule has 4 rings (SSSR count). The van der Waals surface area contributed by atoms with E-state index in [0.717, 1.165) is 29.7 Å². The molecular formula is C16H17N5. The van der Waals surface area contributed by atoms with E-state index < -0.39 is 0 Å². The zero-order valence-corrected chi connectivity index (χ0v) is 11.9. The molecule has 1 aliphatic rings. The average Bonchev–Trinajstić information content (AvgIpc) is 3.14. The lowest BCUT2D eigenvalue weighted by Gasteiger charge is -2.16. The average molecular weight is 279 g/mol. The molecule has 0 radical (unpaired) electrons. The maximum atomic E-state index is 4.57. The van der Waals surface area contributed by atoms with Crippen LogP contribution in [0.5, 0.6) is 0 Å². The van der Waals surface area contributed by atoms with Crippen molar-refractivity contribution in [2.75, 3.05) is 17.7 Å². The molecule has 0 amide bonds. The van der Waals surface area contributed by atoms with E-state index in [1.165, 1.54) is 11.1 Å². The Morgan fingerprint density at radius 3 is 3.00 bits per heavy atom. The van der Waals surface area contributed by atoms with Crippen molar-refractivity contribution in [3.63, 3.8) is 0 Å². The summed E-state index contributed by atoms with van der Waals surface area (Å²) in [6.45, 7) is 0. The van der Waals surface area contributed by atoms with Gasteiger partial charge in [-0.05, 0) is 30.0 Å². The van der Waals surface area contributed by atoms with Crippen LogP contribution in [0.4, 0.5) is 11.8 Å². The third-order valence-electron chi connectivity index (χ3n) is 4.08. The van der Waals surface area contributed by atoms with E-state index >= 15 is 0 Å². The number of benzene rings is 1. The number of nitrogens with zero attached hydrogens (tertiary/aromatic N) is 2. The number of nitrogens with one attached hydrogen (secondary N) is 3. The molecule has 5 nitrogen and oxygen atoms in total. The minimum atomic E-state index is 0.318. The van der Waals surface area contributed by atoms with Gasteiger partial charge in [-0.3, -0.25) is 0 Å². The molecule has 3 aromatic rings. The molecule has 0 bridgehead atoms. The van der Waals surface area contributed by atoms with Gasteiger partial charge in [0, 0.05) is 13.2 Å². The molecule has 21 heavy (non-hydrogen) atoms. The van der Waals surface area contributed by atoms with Crippen molar-refractivity contribution < 1.29 is 0 Å². The number of aryl methyl sites for hydroxylation is 1. The highest BCUT2D eigenvalue weighted by Gasteiger charge is 2.23. The highest BCUT2D eigenvalue weighted by molar-refractivity contribution is 5.88. The number of anilines is 2. The van der Waals surface area contributed by atoms with Gasteiger partial charge in [-0.15, -0.1) is 0 Å². The molecule has 2 aromatic heterocycles. The lowest BCUT2D eigenvalue weighted by atomic mass is 10.1. The first-order valence-corrected chi connectivity index (χ1v) is 7.22. The van der Waals surface area contributed by atoms with Crippen molar-refractivity contribution >= 4 is 22.8 Å². The molecule has 1 aliphatic carbocycles. The Labute approximate surface area is 122 Å². The lowest BCUT2D eigenvalue weighted by molar-refractivity contribution is 0.758. The third kappa shape index (κ3) is 2.01. The predicted octanol–water partition coefficient (Wildman–Crippen LogP) is 3.10. The third-order valence-corrected chi connectivity index (χ3v) is 4.08. The van der Waals surface area contributed by atoms with Gasteiger partial charge in [-0.1, -0.05) is 24.3 Å². The number of hydrogen-bond acceptors (Lipinski definition) is 4. The number of aromatic amines is 1. The molecule has 0 saturated heterocycles. The summed E-state index contributed by atoms with van der Waals surface area (Å²) < 4.78 is 0. The van der Waals surface area contributed by atoms with Crippen LogP contribution < -0.4 is 10.6 Å². The summed E-state index contributed by atoms with van der Waals surface area (Å²) in [5, 5.41) is 7.63. The Balaban J connectivity index is 1.73. The van der Waals surface area contributed by atoms with Gasteiger partial charge in [0.2, 0.25) is 5.95 Å². The predicted molar refractivity (Wildman–Crippen MR) is 84.6 cm³/mol. The van der Waals surface area contributed by atoms with Crippen LogP contribution in [-0.4, -0.2) is 22.0 Å². The van der Waals surface area contributed by atoms with Crippen LogP contribution in [0.25, 0.3) is 11.0 Å². The van der Waals surface area contributed by atoms with E-state index in [-0.39, 0.29) is 0 Å². The molecule has 106 valence electrons. The van der Waals surface area contributed by atoms with Gasteiger partial charge in [0.05, 0.1) is 11.4 Å². The smallest absolute Gasteiger partial charge is 0.226 e. The van der Waals surface area contributed by atoms with Gasteiger partial charge in [-0.25, -0.2) is 0 Å². The molecule has 3 N–H and O–H groups in total. The maximum Gasteiger partial charge on any atom is 0.226 e. The molecule has 0 aliphatic heterocycles. The summed E-state index contributed by atoms with van der Waals surface area (Å²) in [5.41, 5.74) is 3.66. The Bertz CT molecular complexity index is 792. The second kappa shape index (κ2) is 4.77. The van der Waals surface area contributed by atoms with E-state index in [9.17, 15) is 0 Å². The van der Waals surface area contributed by atoms with E-state index in [1.54, 1.807) is 0 Å². The standard InChI is InChI=1S/C16H17N5/c1-17-16-20-14-12(8-9-18-14)15(21-16)19-13-7-6-10-4-2-3-5-11(10)13/h2-5,8-9,13H,6-7H2,1H3,(H3,17,18,19,20,21)/t13-/m0/s1. The van der Waals surface area contributed by atoms with Gasteiger partial charge in [0.25, 0.3) is 0 Å². The highest BCUT2D eigenvalue weighted by Crippen LogP contribution is 2.34. The quantitative estimate of drug-likeness (QED) is 0.689. The number of fused-ring (bicyclic) bond motifs is 2. The van der Waals surface area contributed by atoms with Crippen LogP contribution in [0.15, 0.2) is 36.5 Å². The van der Waals surface area contributed by atoms with Crippen LogP contribution in [-0.2, 0) is 6.42 Å². The van der Waals surface area contributed by atoms with Crippen molar-refractivity contribution in [2.45, 2.75) is 18.9 Å². The minimum absolute atomic E-state index is 0.318. The van der Waals surface area contributed by atoms with E-state index in [0.29, 0.717) is 12.0 Å². The first-order valence-electron chi connectivity index (χ1n) is 7.22. The summed E-state index contributed by atoms with van der Waals surface area (Å²) in [7, 11) is 1.83. The van der Waals surface area contributed by atoms with Gasteiger partial charge in [-0.2, -0.15) is 9.97 Å². The fraction of sp³-hybridized carbons (Fsp3) is 0.250. The van der Waals surface area contributed by atoms with Crippen molar-refractivity contribution in [3.8, 4) is 0 Å².